The van der Waals surface area contributed by atoms with Crippen molar-refractivity contribution in [2.45, 2.75) is 79.2 Å². The predicted octanol–water partition coefficient (Wildman–Crippen LogP) is 4.95. The van der Waals surface area contributed by atoms with Crippen LogP contribution >= 0.6 is 0 Å². The number of likely N-dealkylation sites (tertiary alicyclic amines) is 1. The second-order valence-electron chi connectivity index (χ2n) is 9.94. The number of aryl methyl sites for hydroxylation is 2. The summed E-state index contributed by atoms with van der Waals surface area (Å²) in [5, 5.41) is 2.67. The molecule has 0 saturated carbocycles. The first-order valence-electron chi connectivity index (χ1n) is 12.5. The lowest BCUT2D eigenvalue weighted by Crippen LogP contribution is -2.47. The lowest BCUT2D eigenvalue weighted by molar-refractivity contribution is -0.137. The van der Waals surface area contributed by atoms with Crippen LogP contribution in [-0.4, -0.2) is 47.5 Å². The second kappa shape index (κ2) is 11.1. The third kappa shape index (κ3) is 6.11. The van der Waals surface area contributed by atoms with Gasteiger partial charge in [-0.05, 0) is 83.7 Å². The van der Waals surface area contributed by atoms with E-state index in [1.54, 1.807) is 26.8 Å². The molecule has 1 aliphatic rings. The van der Waals surface area contributed by atoms with Crippen LogP contribution in [0.15, 0.2) is 23.0 Å². The monoisotopic (exact) mass is 506 g/mol. The normalized spacial score (nSPS) is 15.4. The Morgan fingerprint density at radius 3 is 2.33 bits per heavy atom. The topological polar surface area (TPSA) is 68.4 Å². The molecule has 3 rings (SSSR count). The first-order chi connectivity index (χ1) is 16.8. The number of piperidine rings is 1. The number of amides is 1. The van der Waals surface area contributed by atoms with Crippen LogP contribution in [0, 0.1) is 20.8 Å². The molecule has 0 aliphatic carbocycles. The summed E-state index contributed by atoms with van der Waals surface area (Å²) in [6.07, 6.45) is -2.90. The zero-order valence-corrected chi connectivity index (χ0v) is 22.0. The summed E-state index contributed by atoms with van der Waals surface area (Å²) in [7, 11) is 0. The summed E-state index contributed by atoms with van der Waals surface area (Å²) in [6, 6.07) is 4.39. The van der Waals surface area contributed by atoms with Gasteiger partial charge in [0, 0.05) is 60.8 Å². The minimum atomic E-state index is -4.59. The van der Waals surface area contributed by atoms with Crippen LogP contribution < -0.4 is 15.8 Å². The predicted molar refractivity (Wildman–Crippen MR) is 137 cm³/mol. The van der Waals surface area contributed by atoms with E-state index in [1.165, 1.54) is 6.07 Å². The Balaban J connectivity index is 1.94. The number of anilines is 1. The average Bonchev–Trinajstić information content (AvgIpc) is 2.79. The van der Waals surface area contributed by atoms with Crippen molar-refractivity contribution in [2.75, 3.05) is 24.5 Å². The number of benzene rings is 1. The number of nitrogens with zero attached hydrogens (tertiary/aromatic N) is 2. The number of H-pyrrole nitrogens is 1. The number of nitrogens with one attached hydrogen (secondary N) is 2. The Labute approximate surface area is 210 Å². The van der Waals surface area contributed by atoms with Gasteiger partial charge in [0.15, 0.2) is 0 Å². The number of carbonyl (C=O) groups excluding carboxylic acids is 1. The van der Waals surface area contributed by atoms with Crippen LogP contribution in [0.25, 0.3) is 0 Å². The Morgan fingerprint density at radius 1 is 1.17 bits per heavy atom. The van der Waals surface area contributed by atoms with Crippen molar-refractivity contribution in [1.29, 1.82) is 0 Å². The second-order valence-corrected chi connectivity index (χ2v) is 9.94. The van der Waals surface area contributed by atoms with E-state index in [-0.39, 0.29) is 23.7 Å². The maximum absolute atomic E-state index is 13.9. The molecule has 0 radical (unpaired) electrons. The molecule has 36 heavy (non-hydrogen) atoms. The molecular formula is C27H37F3N4O2. The van der Waals surface area contributed by atoms with E-state index in [4.69, 9.17) is 0 Å². The van der Waals surface area contributed by atoms with E-state index in [0.29, 0.717) is 40.7 Å². The molecule has 0 spiro atoms. The molecule has 1 aliphatic heterocycles. The largest absolute Gasteiger partial charge is 0.416 e. The fourth-order valence-corrected chi connectivity index (χ4v) is 5.10. The van der Waals surface area contributed by atoms with Crippen molar-refractivity contribution in [3.05, 3.63) is 62.1 Å². The van der Waals surface area contributed by atoms with E-state index in [2.05, 4.69) is 29.0 Å². The van der Waals surface area contributed by atoms with Gasteiger partial charge in [-0.1, -0.05) is 0 Å². The molecular weight excluding hydrogens is 469 g/mol. The third-order valence-electron chi connectivity index (χ3n) is 7.19. The molecule has 198 valence electrons. The van der Waals surface area contributed by atoms with Crippen molar-refractivity contribution in [3.63, 3.8) is 0 Å². The van der Waals surface area contributed by atoms with Gasteiger partial charge < -0.3 is 20.1 Å². The van der Waals surface area contributed by atoms with Gasteiger partial charge in [-0.3, -0.25) is 9.59 Å². The number of halogens is 3. The number of hydrogen-bond donors (Lipinski definition) is 2. The lowest BCUT2D eigenvalue weighted by atomic mass is 9.96. The standard InChI is InChI=1S/C27H37F3N4O2/c1-7-34(21-8-10-33(11-9-21)16(2)3)24-14-20(27(28,29)30)13-22(19(24)6)25(35)31-15-23-17(4)12-18(5)32-26(23)36/h12-14,16,21H,7-11,15H2,1-6H3,(H,31,35)(H,32,36). The Bertz CT molecular complexity index is 1150. The number of aromatic amines is 1. The van der Waals surface area contributed by atoms with Crippen molar-refractivity contribution in [2.24, 2.45) is 0 Å². The van der Waals surface area contributed by atoms with Crippen LogP contribution in [-0.2, 0) is 12.7 Å². The highest BCUT2D eigenvalue weighted by Crippen LogP contribution is 2.37. The fraction of sp³-hybridized carbons (Fsp3) is 0.556. The van der Waals surface area contributed by atoms with E-state index >= 15 is 0 Å². The molecule has 2 heterocycles. The Morgan fingerprint density at radius 2 is 1.81 bits per heavy atom. The van der Waals surface area contributed by atoms with Crippen molar-refractivity contribution < 1.29 is 18.0 Å². The van der Waals surface area contributed by atoms with Gasteiger partial charge in [-0.2, -0.15) is 13.2 Å². The van der Waals surface area contributed by atoms with Crippen LogP contribution in [0.2, 0.25) is 0 Å². The molecule has 9 heteroatoms. The Hall–Kier alpha value is -2.81. The van der Waals surface area contributed by atoms with Gasteiger partial charge in [0.2, 0.25) is 0 Å². The summed E-state index contributed by atoms with van der Waals surface area (Å²) < 4.78 is 41.7. The first kappa shape index (κ1) is 27.8. The van der Waals surface area contributed by atoms with Crippen LogP contribution in [0.3, 0.4) is 0 Å². The van der Waals surface area contributed by atoms with Gasteiger partial charge in [0.05, 0.1) is 5.56 Å². The number of aromatic nitrogens is 1. The average molecular weight is 507 g/mol. The van der Waals surface area contributed by atoms with Gasteiger partial charge >= 0.3 is 6.18 Å². The zero-order valence-electron chi connectivity index (χ0n) is 22.0. The van der Waals surface area contributed by atoms with E-state index in [1.807, 2.05) is 11.8 Å². The molecule has 1 saturated heterocycles. The maximum Gasteiger partial charge on any atom is 0.416 e. The summed E-state index contributed by atoms with van der Waals surface area (Å²) in [5.41, 5.74) is 1.53. The number of carbonyl (C=O) groups is 1. The summed E-state index contributed by atoms with van der Waals surface area (Å²) in [6.45, 7) is 13.7. The summed E-state index contributed by atoms with van der Waals surface area (Å²) in [4.78, 5) is 32.5. The smallest absolute Gasteiger partial charge is 0.368 e. The van der Waals surface area contributed by atoms with E-state index in [0.717, 1.165) is 32.0 Å². The molecule has 1 fully saturated rings. The molecule has 0 bridgehead atoms. The molecule has 0 atom stereocenters. The van der Waals surface area contributed by atoms with E-state index in [9.17, 15) is 22.8 Å². The van der Waals surface area contributed by atoms with Gasteiger partial charge in [0.25, 0.3) is 11.5 Å². The Kier molecular flexibility index (Phi) is 8.54. The lowest BCUT2D eigenvalue weighted by Gasteiger charge is -2.41. The molecule has 1 aromatic heterocycles. The van der Waals surface area contributed by atoms with Gasteiger partial charge in [-0.15, -0.1) is 0 Å². The van der Waals surface area contributed by atoms with Crippen LogP contribution in [0.4, 0.5) is 18.9 Å². The molecule has 0 unspecified atom stereocenters. The summed E-state index contributed by atoms with van der Waals surface area (Å²) in [5.74, 6) is -0.634. The van der Waals surface area contributed by atoms with Crippen molar-refractivity contribution in [1.82, 2.24) is 15.2 Å². The van der Waals surface area contributed by atoms with E-state index < -0.39 is 17.6 Å². The van der Waals surface area contributed by atoms with Crippen LogP contribution in [0.5, 0.6) is 0 Å². The van der Waals surface area contributed by atoms with Gasteiger partial charge in [-0.25, -0.2) is 0 Å². The minimum absolute atomic E-state index is 0.0286. The number of hydrogen-bond acceptors (Lipinski definition) is 4. The fourth-order valence-electron chi connectivity index (χ4n) is 5.10. The highest BCUT2D eigenvalue weighted by molar-refractivity contribution is 5.97. The molecule has 6 nitrogen and oxygen atoms in total. The molecule has 1 amide bonds. The zero-order chi connectivity index (χ0) is 26.8. The SMILES string of the molecule is CCN(c1cc(C(F)(F)F)cc(C(=O)NCc2c(C)cc(C)[nH]c2=O)c1C)C1CCN(C(C)C)CC1. The number of alkyl halides is 3. The van der Waals surface area contributed by atoms with Gasteiger partial charge in [0.1, 0.15) is 0 Å². The van der Waals surface area contributed by atoms with Crippen molar-refractivity contribution >= 4 is 11.6 Å². The highest BCUT2D eigenvalue weighted by atomic mass is 19.4. The van der Waals surface area contributed by atoms with Crippen LogP contribution in [0.1, 0.15) is 71.9 Å². The molecule has 2 aromatic rings. The van der Waals surface area contributed by atoms with Crippen molar-refractivity contribution in [3.8, 4) is 0 Å². The molecule has 1 aromatic carbocycles. The molecule has 2 N–H and O–H groups in total. The quantitative estimate of drug-likeness (QED) is 0.558. The minimum Gasteiger partial charge on any atom is -0.368 e. The number of rotatable bonds is 7. The maximum atomic E-state index is 13.9. The number of pyridine rings is 1. The summed E-state index contributed by atoms with van der Waals surface area (Å²) >= 11 is 0. The third-order valence-corrected chi connectivity index (χ3v) is 7.19. The highest BCUT2D eigenvalue weighted by Gasteiger charge is 2.34. The first-order valence-corrected chi connectivity index (χ1v) is 12.5.